The highest BCUT2D eigenvalue weighted by Crippen LogP contribution is 2.42. The maximum absolute atomic E-state index is 12.6. The molecule has 1 N–H and O–H groups in total. The molecule has 4 nitrogen and oxygen atoms in total. The van der Waals surface area contributed by atoms with E-state index in [1.54, 1.807) is 0 Å². The van der Waals surface area contributed by atoms with E-state index in [2.05, 4.69) is 65.7 Å². The van der Waals surface area contributed by atoms with Gasteiger partial charge in [0.2, 0.25) is 5.91 Å². The third-order valence-corrected chi connectivity index (χ3v) is 8.10. The number of benzene rings is 2. The van der Waals surface area contributed by atoms with E-state index in [0.29, 0.717) is 17.8 Å². The average Bonchev–Trinajstić information content (AvgIpc) is 3.28. The predicted molar refractivity (Wildman–Crippen MR) is 133 cm³/mol. The topological polar surface area (TPSA) is 41.6 Å². The Kier molecular flexibility index (Phi) is 7.01. The van der Waals surface area contributed by atoms with Crippen molar-refractivity contribution < 1.29 is 9.53 Å². The van der Waals surface area contributed by atoms with Crippen molar-refractivity contribution in [2.24, 2.45) is 11.8 Å². The van der Waals surface area contributed by atoms with Crippen LogP contribution in [0.3, 0.4) is 0 Å². The molecule has 176 valence electrons. The smallest absolute Gasteiger partial charge is 0.223 e. The van der Waals surface area contributed by atoms with Gasteiger partial charge in [-0.25, -0.2) is 0 Å². The second-order valence-electron chi connectivity index (χ2n) is 10.4. The number of likely N-dealkylation sites (tertiary alicyclic amines) is 1. The van der Waals surface area contributed by atoms with E-state index < -0.39 is 0 Å². The number of hydrogen-bond donors (Lipinski definition) is 1. The summed E-state index contributed by atoms with van der Waals surface area (Å²) in [4.78, 5) is 15.2. The molecule has 1 amide bonds. The fraction of sp³-hybridized carbons (Fsp3) is 0.552. The first kappa shape index (κ1) is 22.5. The van der Waals surface area contributed by atoms with Gasteiger partial charge in [0.05, 0.1) is 6.61 Å². The molecule has 1 aliphatic carbocycles. The molecule has 3 aliphatic rings. The maximum atomic E-state index is 12.6. The number of rotatable bonds is 7. The summed E-state index contributed by atoms with van der Waals surface area (Å²) in [5.41, 5.74) is 4.16. The molecule has 2 aliphatic heterocycles. The number of carbonyl (C=O) groups excluding carboxylic acids is 1. The molecular formula is C29H38N2O2. The minimum Gasteiger partial charge on any atom is -0.493 e. The van der Waals surface area contributed by atoms with E-state index in [0.717, 1.165) is 77.1 Å². The highest BCUT2D eigenvalue weighted by Gasteiger charge is 2.38. The lowest BCUT2D eigenvalue weighted by Crippen LogP contribution is -2.34. The summed E-state index contributed by atoms with van der Waals surface area (Å²) in [7, 11) is 0. The van der Waals surface area contributed by atoms with Crippen LogP contribution in [-0.2, 0) is 4.79 Å². The summed E-state index contributed by atoms with van der Waals surface area (Å²) in [5.74, 6) is 3.42. The van der Waals surface area contributed by atoms with E-state index in [-0.39, 0.29) is 11.8 Å². The third-order valence-electron chi connectivity index (χ3n) is 8.10. The van der Waals surface area contributed by atoms with Gasteiger partial charge in [0.25, 0.3) is 0 Å². The van der Waals surface area contributed by atoms with Gasteiger partial charge < -0.3 is 15.0 Å². The Morgan fingerprint density at radius 2 is 1.85 bits per heavy atom. The van der Waals surface area contributed by atoms with Gasteiger partial charge in [-0.3, -0.25) is 4.79 Å². The molecule has 0 aromatic heterocycles. The van der Waals surface area contributed by atoms with Gasteiger partial charge in [0.15, 0.2) is 0 Å². The summed E-state index contributed by atoms with van der Waals surface area (Å²) >= 11 is 0. The van der Waals surface area contributed by atoms with Crippen LogP contribution < -0.4 is 10.1 Å². The number of fused-ring (bicyclic) bond motifs is 3. The van der Waals surface area contributed by atoms with E-state index in [4.69, 9.17) is 4.74 Å². The molecule has 33 heavy (non-hydrogen) atoms. The van der Waals surface area contributed by atoms with Gasteiger partial charge in [0, 0.05) is 37.4 Å². The van der Waals surface area contributed by atoms with Gasteiger partial charge in [-0.2, -0.15) is 0 Å². The molecule has 2 fully saturated rings. The van der Waals surface area contributed by atoms with E-state index in [1.807, 2.05) is 0 Å². The minimum atomic E-state index is 0.204. The van der Waals surface area contributed by atoms with Crippen LogP contribution in [0.15, 0.2) is 48.5 Å². The van der Waals surface area contributed by atoms with Crippen LogP contribution >= 0.6 is 0 Å². The first-order chi connectivity index (χ1) is 16.2. The van der Waals surface area contributed by atoms with Crippen LogP contribution in [0.25, 0.3) is 0 Å². The van der Waals surface area contributed by atoms with Crippen LogP contribution in [0, 0.1) is 18.8 Å². The lowest BCUT2D eigenvalue weighted by Gasteiger charge is -2.28. The summed E-state index contributed by atoms with van der Waals surface area (Å²) in [6.07, 6.45) is 6.50. The van der Waals surface area contributed by atoms with Crippen molar-refractivity contribution in [2.75, 3.05) is 32.8 Å². The van der Waals surface area contributed by atoms with Crippen LogP contribution in [0.1, 0.15) is 67.1 Å². The first-order valence-corrected chi connectivity index (χ1v) is 13.0. The van der Waals surface area contributed by atoms with Crippen molar-refractivity contribution in [2.45, 2.75) is 57.3 Å². The van der Waals surface area contributed by atoms with Crippen molar-refractivity contribution in [1.29, 1.82) is 0 Å². The quantitative estimate of drug-likeness (QED) is 0.589. The largest absolute Gasteiger partial charge is 0.493 e. The van der Waals surface area contributed by atoms with E-state index in [1.165, 1.54) is 16.7 Å². The van der Waals surface area contributed by atoms with Gasteiger partial charge >= 0.3 is 0 Å². The molecule has 1 saturated heterocycles. The number of nitrogens with zero attached hydrogens (tertiary/aromatic N) is 1. The second kappa shape index (κ2) is 10.3. The zero-order valence-corrected chi connectivity index (χ0v) is 20.0. The van der Waals surface area contributed by atoms with Gasteiger partial charge in [0.1, 0.15) is 5.75 Å². The molecule has 4 heteroatoms. The number of hydrogen-bond acceptors (Lipinski definition) is 3. The summed E-state index contributed by atoms with van der Waals surface area (Å²) in [5, 5.41) is 3.22. The molecule has 0 radical (unpaired) electrons. The number of unbranched alkanes of at least 4 members (excludes halogenated alkanes) is 1. The Morgan fingerprint density at radius 1 is 1.03 bits per heavy atom. The van der Waals surface area contributed by atoms with Crippen molar-refractivity contribution in [3.05, 3.63) is 65.2 Å². The standard InChI is InChI=1S/C29H38N2O2/c1-21-9-14-28-26(17-21)27-19-31(18-25(27)20-33-28)16-6-5-15-30-29(32)24-12-10-23(11-13-24)22-7-3-2-4-8-22/h2-4,7-9,14,17,23-25,27H,5-6,10-13,15-16,18-20H2,1H3,(H,30,32)/t23?,24?,25-,27+/m1/s1. The summed E-state index contributed by atoms with van der Waals surface area (Å²) < 4.78 is 6.03. The lowest BCUT2D eigenvalue weighted by molar-refractivity contribution is -0.126. The van der Waals surface area contributed by atoms with Crippen LogP contribution in [0.4, 0.5) is 0 Å². The lowest BCUT2D eigenvalue weighted by atomic mass is 9.78. The number of nitrogens with one attached hydrogen (secondary N) is 1. The Labute approximate surface area is 198 Å². The van der Waals surface area contributed by atoms with Gasteiger partial charge in [-0.05, 0) is 75.1 Å². The highest BCUT2D eigenvalue weighted by atomic mass is 16.5. The fourth-order valence-electron chi connectivity index (χ4n) is 6.18. The summed E-state index contributed by atoms with van der Waals surface area (Å²) in [6, 6.07) is 17.4. The molecule has 0 unspecified atom stereocenters. The van der Waals surface area contributed by atoms with E-state index in [9.17, 15) is 4.79 Å². The fourth-order valence-corrected chi connectivity index (χ4v) is 6.18. The Bertz CT molecular complexity index is 936. The molecule has 2 aromatic carbocycles. The summed E-state index contributed by atoms with van der Waals surface area (Å²) in [6.45, 7) is 7.21. The second-order valence-corrected chi connectivity index (χ2v) is 10.4. The Morgan fingerprint density at radius 3 is 2.67 bits per heavy atom. The molecule has 2 atom stereocenters. The molecule has 5 rings (SSSR count). The molecule has 0 spiro atoms. The van der Waals surface area contributed by atoms with Crippen molar-refractivity contribution in [3.8, 4) is 5.75 Å². The monoisotopic (exact) mass is 446 g/mol. The minimum absolute atomic E-state index is 0.204. The molecule has 2 aromatic rings. The SMILES string of the molecule is Cc1ccc2c(c1)[C@H]1CN(CCCCNC(=O)C3CCC(c4ccccc4)CC3)C[C@@H]1CO2. The third kappa shape index (κ3) is 5.27. The normalized spacial score (nSPS) is 26.8. The Hall–Kier alpha value is -2.33. The predicted octanol–water partition coefficient (Wildman–Crippen LogP) is 5.27. The van der Waals surface area contributed by atoms with Crippen LogP contribution in [0.5, 0.6) is 5.75 Å². The molecule has 1 saturated carbocycles. The number of ether oxygens (including phenoxy) is 1. The van der Waals surface area contributed by atoms with Gasteiger partial charge in [-0.15, -0.1) is 0 Å². The van der Waals surface area contributed by atoms with Gasteiger partial charge in [-0.1, -0.05) is 48.0 Å². The first-order valence-electron chi connectivity index (χ1n) is 13.0. The number of aryl methyl sites for hydroxylation is 1. The average molecular weight is 447 g/mol. The zero-order valence-electron chi connectivity index (χ0n) is 20.0. The zero-order chi connectivity index (χ0) is 22.6. The van der Waals surface area contributed by atoms with Crippen LogP contribution in [0.2, 0.25) is 0 Å². The molecular weight excluding hydrogens is 408 g/mol. The van der Waals surface area contributed by atoms with Crippen LogP contribution in [-0.4, -0.2) is 43.6 Å². The van der Waals surface area contributed by atoms with E-state index >= 15 is 0 Å². The van der Waals surface area contributed by atoms with Crippen molar-refractivity contribution in [3.63, 3.8) is 0 Å². The highest BCUT2D eigenvalue weighted by molar-refractivity contribution is 5.78. The number of carbonyl (C=O) groups is 1. The van der Waals surface area contributed by atoms with Crippen molar-refractivity contribution in [1.82, 2.24) is 10.2 Å². The Balaban J connectivity index is 0.994. The number of amides is 1. The molecule has 0 bridgehead atoms. The maximum Gasteiger partial charge on any atom is 0.223 e. The molecule has 2 heterocycles. The van der Waals surface area contributed by atoms with Crippen molar-refractivity contribution >= 4 is 5.91 Å².